The van der Waals surface area contributed by atoms with Crippen molar-refractivity contribution in [3.8, 4) is 0 Å². The number of halogens is 1. The summed E-state index contributed by atoms with van der Waals surface area (Å²) in [5.41, 5.74) is 1.39. The highest BCUT2D eigenvalue weighted by Gasteiger charge is 2.30. The molecule has 1 aromatic heterocycles. The van der Waals surface area contributed by atoms with Gasteiger partial charge in [-0.25, -0.2) is 0 Å². The Morgan fingerprint density at radius 2 is 2.15 bits per heavy atom. The molecule has 1 nitrogen and oxygen atoms in total. The molecule has 0 aliphatic heterocycles. The van der Waals surface area contributed by atoms with Crippen LogP contribution in [0.1, 0.15) is 36.1 Å². The highest BCUT2D eigenvalue weighted by atomic mass is 35.5. The Morgan fingerprint density at radius 1 is 1.30 bits per heavy atom. The minimum Gasteiger partial charge on any atom is -0.311 e. The predicted octanol–water partition coefficient (Wildman–Crippen LogP) is 4.87. The molecule has 3 rings (SSSR count). The molecule has 1 heterocycles. The maximum Gasteiger partial charge on any atom is 0.0408 e. The maximum atomic E-state index is 6.06. The van der Waals surface area contributed by atoms with Crippen LogP contribution in [-0.2, 0) is 6.42 Å². The maximum absolute atomic E-state index is 6.06. The van der Waals surface area contributed by atoms with E-state index < -0.39 is 0 Å². The van der Waals surface area contributed by atoms with Crippen molar-refractivity contribution in [2.75, 3.05) is 0 Å². The summed E-state index contributed by atoms with van der Waals surface area (Å²) in [6.07, 6.45) is 3.60. The second-order valence-corrected chi connectivity index (χ2v) is 7.24. The number of hydrogen-bond donors (Lipinski definition) is 1. The lowest BCUT2D eigenvalue weighted by molar-refractivity contribution is 0.269. The normalized spacial score (nSPS) is 23.3. The zero-order chi connectivity index (χ0) is 13.9. The summed E-state index contributed by atoms with van der Waals surface area (Å²) in [5.74, 6) is 0.681. The van der Waals surface area contributed by atoms with Crippen molar-refractivity contribution in [2.45, 2.75) is 44.2 Å². The SMILES string of the molecule is CC(Cc1cccs1)NC1CC(c2cccc(Cl)c2)C1. The second kappa shape index (κ2) is 6.30. The first-order valence-corrected chi connectivity index (χ1v) is 8.50. The van der Waals surface area contributed by atoms with E-state index in [0.29, 0.717) is 18.0 Å². The van der Waals surface area contributed by atoms with Gasteiger partial charge in [0.05, 0.1) is 0 Å². The van der Waals surface area contributed by atoms with Crippen LogP contribution in [-0.4, -0.2) is 12.1 Å². The minimum atomic E-state index is 0.555. The Hall–Kier alpha value is -0.830. The third kappa shape index (κ3) is 3.43. The lowest BCUT2D eigenvalue weighted by atomic mass is 9.75. The molecule has 0 saturated heterocycles. The van der Waals surface area contributed by atoms with Crippen LogP contribution in [0.3, 0.4) is 0 Å². The van der Waals surface area contributed by atoms with Crippen LogP contribution >= 0.6 is 22.9 Å². The van der Waals surface area contributed by atoms with Gasteiger partial charge in [0.25, 0.3) is 0 Å². The topological polar surface area (TPSA) is 12.0 Å². The largest absolute Gasteiger partial charge is 0.311 e. The Kier molecular flexibility index (Phi) is 4.45. The van der Waals surface area contributed by atoms with Crippen molar-refractivity contribution >= 4 is 22.9 Å². The van der Waals surface area contributed by atoms with E-state index in [-0.39, 0.29) is 0 Å². The van der Waals surface area contributed by atoms with Crippen molar-refractivity contribution in [3.05, 3.63) is 57.2 Å². The van der Waals surface area contributed by atoms with Gasteiger partial charge in [-0.15, -0.1) is 11.3 Å². The minimum absolute atomic E-state index is 0.555. The molecule has 0 spiro atoms. The van der Waals surface area contributed by atoms with Crippen LogP contribution in [0.5, 0.6) is 0 Å². The van der Waals surface area contributed by atoms with Gasteiger partial charge in [0.1, 0.15) is 0 Å². The van der Waals surface area contributed by atoms with E-state index in [2.05, 4.69) is 48.0 Å². The number of rotatable bonds is 5. The fourth-order valence-electron chi connectivity index (χ4n) is 2.98. The first-order valence-electron chi connectivity index (χ1n) is 7.24. The van der Waals surface area contributed by atoms with E-state index in [1.807, 2.05) is 17.4 Å². The average Bonchev–Trinajstić information content (AvgIpc) is 2.86. The van der Waals surface area contributed by atoms with Gasteiger partial charge in [0.15, 0.2) is 0 Å². The lowest BCUT2D eigenvalue weighted by Crippen LogP contribution is -2.45. The Bertz CT molecular complexity index is 546. The first-order chi connectivity index (χ1) is 9.70. The van der Waals surface area contributed by atoms with Crippen molar-refractivity contribution in [2.24, 2.45) is 0 Å². The second-order valence-electron chi connectivity index (χ2n) is 5.77. The average molecular weight is 306 g/mol. The van der Waals surface area contributed by atoms with E-state index in [0.717, 1.165) is 11.4 Å². The standard InChI is InChI=1S/C17H20ClNS/c1-12(8-17-6-3-7-20-17)19-16-10-14(11-16)13-4-2-5-15(18)9-13/h2-7,9,12,14,16,19H,8,10-11H2,1H3. The molecular formula is C17H20ClNS. The molecule has 106 valence electrons. The number of thiophene rings is 1. The van der Waals surface area contributed by atoms with Gasteiger partial charge in [-0.05, 0) is 61.2 Å². The van der Waals surface area contributed by atoms with E-state index >= 15 is 0 Å². The monoisotopic (exact) mass is 305 g/mol. The van der Waals surface area contributed by atoms with Crippen molar-refractivity contribution in [1.29, 1.82) is 0 Å². The van der Waals surface area contributed by atoms with Crippen molar-refractivity contribution < 1.29 is 0 Å². The molecule has 1 atom stereocenters. The third-order valence-electron chi connectivity index (χ3n) is 4.07. The van der Waals surface area contributed by atoms with E-state index in [4.69, 9.17) is 11.6 Å². The smallest absolute Gasteiger partial charge is 0.0408 e. The molecule has 1 fully saturated rings. The van der Waals surface area contributed by atoms with E-state index in [1.165, 1.54) is 23.3 Å². The summed E-state index contributed by atoms with van der Waals surface area (Å²) >= 11 is 7.90. The third-order valence-corrected chi connectivity index (χ3v) is 5.20. The van der Waals surface area contributed by atoms with E-state index in [1.54, 1.807) is 0 Å². The molecular weight excluding hydrogens is 286 g/mol. The molecule has 1 aliphatic rings. The van der Waals surface area contributed by atoms with Crippen LogP contribution in [0.15, 0.2) is 41.8 Å². The van der Waals surface area contributed by atoms with Crippen LogP contribution in [0, 0.1) is 0 Å². The number of benzene rings is 1. The zero-order valence-electron chi connectivity index (χ0n) is 11.7. The Balaban J connectivity index is 1.46. The van der Waals surface area contributed by atoms with Crippen LogP contribution in [0.25, 0.3) is 0 Å². The summed E-state index contributed by atoms with van der Waals surface area (Å²) < 4.78 is 0. The van der Waals surface area contributed by atoms with Gasteiger partial charge in [0.2, 0.25) is 0 Å². The molecule has 1 aromatic carbocycles. The highest BCUT2D eigenvalue weighted by Crippen LogP contribution is 2.37. The first kappa shape index (κ1) is 14.1. The summed E-state index contributed by atoms with van der Waals surface area (Å²) in [6, 6.07) is 13.9. The molecule has 20 heavy (non-hydrogen) atoms. The van der Waals surface area contributed by atoms with Gasteiger partial charge in [-0.3, -0.25) is 0 Å². The summed E-state index contributed by atoms with van der Waals surface area (Å²) in [4.78, 5) is 1.47. The summed E-state index contributed by atoms with van der Waals surface area (Å²) in [6.45, 7) is 2.28. The Labute approximate surface area is 130 Å². The summed E-state index contributed by atoms with van der Waals surface area (Å²) in [7, 11) is 0. The van der Waals surface area contributed by atoms with Gasteiger partial charge >= 0.3 is 0 Å². The molecule has 1 N–H and O–H groups in total. The molecule has 1 unspecified atom stereocenters. The fraction of sp³-hybridized carbons (Fsp3) is 0.412. The predicted molar refractivity (Wildman–Crippen MR) is 87.8 cm³/mol. The van der Waals surface area contributed by atoms with Crippen molar-refractivity contribution in [1.82, 2.24) is 5.32 Å². The van der Waals surface area contributed by atoms with Gasteiger partial charge in [-0.1, -0.05) is 29.8 Å². The lowest BCUT2D eigenvalue weighted by Gasteiger charge is -2.38. The number of hydrogen-bond acceptors (Lipinski definition) is 2. The molecule has 2 aromatic rings. The van der Waals surface area contributed by atoms with Gasteiger partial charge < -0.3 is 5.32 Å². The zero-order valence-corrected chi connectivity index (χ0v) is 13.3. The molecule has 1 saturated carbocycles. The van der Waals surface area contributed by atoms with E-state index in [9.17, 15) is 0 Å². The van der Waals surface area contributed by atoms with Crippen molar-refractivity contribution in [3.63, 3.8) is 0 Å². The van der Waals surface area contributed by atoms with Gasteiger partial charge in [0, 0.05) is 22.0 Å². The fourth-order valence-corrected chi connectivity index (χ4v) is 4.01. The quantitative estimate of drug-likeness (QED) is 0.831. The number of nitrogens with one attached hydrogen (secondary N) is 1. The Morgan fingerprint density at radius 3 is 2.85 bits per heavy atom. The highest BCUT2D eigenvalue weighted by molar-refractivity contribution is 7.09. The van der Waals surface area contributed by atoms with Crippen LogP contribution in [0.2, 0.25) is 5.02 Å². The van der Waals surface area contributed by atoms with Crippen LogP contribution in [0.4, 0.5) is 0 Å². The molecule has 0 bridgehead atoms. The molecule has 3 heteroatoms. The molecule has 0 amide bonds. The van der Waals surface area contributed by atoms with Gasteiger partial charge in [-0.2, -0.15) is 0 Å². The van der Waals surface area contributed by atoms with Crippen LogP contribution < -0.4 is 5.32 Å². The molecule has 1 aliphatic carbocycles. The molecule has 0 radical (unpaired) electrons. The summed E-state index contributed by atoms with van der Waals surface area (Å²) in [5, 5.41) is 6.75.